The smallest absolute Gasteiger partial charge is 0.276 e. The van der Waals surface area contributed by atoms with Crippen LogP contribution in [0.5, 0.6) is 11.5 Å². The highest BCUT2D eigenvalue weighted by Gasteiger charge is 2.22. The van der Waals surface area contributed by atoms with E-state index < -0.39 is 5.82 Å². The molecule has 0 radical (unpaired) electrons. The number of carbonyl (C=O) groups excluding carboxylic acids is 1. The van der Waals surface area contributed by atoms with Crippen LogP contribution in [0.4, 0.5) is 4.39 Å². The average Bonchev–Trinajstić information content (AvgIpc) is 3.20. The van der Waals surface area contributed by atoms with E-state index in [-0.39, 0.29) is 35.9 Å². The van der Waals surface area contributed by atoms with E-state index in [0.29, 0.717) is 0 Å². The van der Waals surface area contributed by atoms with Crippen LogP contribution in [0, 0.1) is 5.82 Å². The third kappa shape index (κ3) is 4.31. The number of nitrogens with zero attached hydrogens (tertiary/aromatic N) is 2. The van der Waals surface area contributed by atoms with Gasteiger partial charge in [0, 0.05) is 7.05 Å². The molecule has 7 heteroatoms. The van der Waals surface area contributed by atoms with Gasteiger partial charge in [0.1, 0.15) is 12.0 Å². The number of hydrogen-bond donors (Lipinski definition) is 0. The van der Waals surface area contributed by atoms with Gasteiger partial charge in [-0.1, -0.05) is 24.3 Å². The second-order valence-electron chi connectivity index (χ2n) is 6.21. The van der Waals surface area contributed by atoms with Gasteiger partial charge in [-0.05, 0) is 36.8 Å². The molecule has 0 N–H and O–H groups in total. The van der Waals surface area contributed by atoms with Crippen LogP contribution in [0.2, 0.25) is 0 Å². The van der Waals surface area contributed by atoms with Crippen LogP contribution in [0.1, 0.15) is 34.9 Å². The summed E-state index contributed by atoms with van der Waals surface area (Å²) in [5.74, 6) is 0.235. The van der Waals surface area contributed by atoms with Crippen LogP contribution in [0.3, 0.4) is 0 Å². The second-order valence-corrected chi connectivity index (χ2v) is 6.21. The average molecular weight is 384 g/mol. The number of carbonyl (C=O) groups is 1. The Balaban J connectivity index is 1.66. The summed E-state index contributed by atoms with van der Waals surface area (Å²) in [5.41, 5.74) is 1.09. The number of amides is 1. The van der Waals surface area contributed by atoms with Gasteiger partial charge in [-0.15, -0.1) is 0 Å². The first-order valence-electron chi connectivity index (χ1n) is 8.72. The standard InChI is InChI=1S/C21H21FN2O4/c1-14(15-7-6-8-16(11-15)26-3)24(2)21(25)18-12-28-20(23-18)13-27-19-10-5-4-9-17(19)22/h4-12,14H,13H2,1-3H3/t14-/m1/s1. The lowest BCUT2D eigenvalue weighted by molar-refractivity contribution is 0.0736. The molecule has 1 atom stereocenters. The summed E-state index contributed by atoms with van der Waals surface area (Å²) >= 11 is 0. The Labute approximate surface area is 162 Å². The van der Waals surface area contributed by atoms with Gasteiger partial charge in [0.15, 0.2) is 23.9 Å². The van der Waals surface area contributed by atoms with Gasteiger partial charge in [-0.3, -0.25) is 4.79 Å². The zero-order valence-corrected chi connectivity index (χ0v) is 15.9. The van der Waals surface area contributed by atoms with Gasteiger partial charge < -0.3 is 18.8 Å². The molecule has 0 saturated heterocycles. The molecule has 0 saturated carbocycles. The molecule has 0 unspecified atom stereocenters. The maximum atomic E-state index is 13.6. The largest absolute Gasteiger partial charge is 0.497 e. The number of methoxy groups -OCH3 is 1. The van der Waals surface area contributed by atoms with Gasteiger partial charge in [-0.2, -0.15) is 0 Å². The van der Waals surface area contributed by atoms with Gasteiger partial charge in [0.05, 0.1) is 13.2 Å². The molecule has 0 spiro atoms. The van der Waals surface area contributed by atoms with Crippen molar-refractivity contribution in [3.63, 3.8) is 0 Å². The zero-order chi connectivity index (χ0) is 20.1. The first-order chi connectivity index (χ1) is 13.5. The number of ether oxygens (including phenoxy) is 2. The summed E-state index contributed by atoms with van der Waals surface area (Å²) in [5, 5.41) is 0. The van der Waals surface area contributed by atoms with Crippen molar-refractivity contribution in [1.82, 2.24) is 9.88 Å². The van der Waals surface area contributed by atoms with Crippen molar-refractivity contribution < 1.29 is 23.1 Å². The summed E-state index contributed by atoms with van der Waals surface area (Å²) in [6.07, 6.45) is 1.27. The molecule has 3 rings (SSSR count). The fourth-order valence-electron chi connectivity index (χ4n) is 2.66. The number of oxazole rings is 1. The van der Waals surface area contributed by atoms with Crippen LogP contribution in [-0.4, -0.2) is 29.9 Å². The van der Waals surface area contributed by atoms with Crippen molar-refractivity contribution >= 4 is 5.91 Å². The zero-order valence-electron chi connectivity index (χ0n) is 15.9. The number of aromatic nitrogens is 1. The summed E-state index contributed by atoms with van der Waals surface area (Å²) in [7, 11) is 3.29. The SMILES string of the molecule is COc1cccc([C@@H](C)N(C)C(=O)c2coc(COc3ccccc3F)n2)c1. The minimum Gasteiger partial charge on any atom is -0.497 e. The number of hydrogen-bond acceptors (Lipinski definition) is 5. The highest BCUT2D eigenvalue weighted by Crippen LogP contribution is 2.24. The van der Waals surface area contributed by atoms with Crippen molar-refractivity contribution in [1.29, 1.82) is 0 Å². The Bertz CT molecular complexity index is 957. The van der Waals surface area contributed by atoms with Crippen molar-refractivity contribution in [2.24, 2.45) is 0 Å². The Hall–Kier alpha value is -3.35. The molecule has 6 nitrogen and oxygen atoms in total. The minimum atomic E-state index is -0.475. The third-order valence-corrected chi connectivity index (χ3v) is 4.44. The number of rotatable bonds is 7. The van der Waals surface area contributed by atoms with E-state index in [9.17, 15) is 9.18 Å². The van der Waals surface area contributed by atoms with E-state index in [1.165, 1.54) is 18.4 Å². The highest BCUT2D eigenvalue weighted by molar-refractivity contribution is 5.92. The van der Waals surface area contributed by atoms with Crippen LogP contribution in [-0.2, 0) is 6.61 Å². The maximum absolute atomic E-state index is 13.6. The van der Waals surface area contributed by atoms with Gasteiger partial charge in [-0.25, -0.2) is 9.37 Å². The van der Waals surface area contributed by atoms with E-state index in [0.717, 1.165) is 11.3 Å². The molecule has 0 aliphatic rings. The van der Waals surface area contributed by atoms with Crippen LogP contribution in [0.25, 0.3) is 0 Å². The van der Waals surface area contributed by atoms with Crippen LogP contribution >= 0.6 is 0 Å². The Morgan fingerprint density at radius 1 is 1.25 bits per heavy atom. The van der Waals surface area contributed by atoms with E-state index in [4.69, 9.17) is 13.9 Å². The van der Waals surface area contributed by atoms with Crippen molar-refractivity contribution in [2.45, 2.75) is 19.6 Å². The molecule has 1 amide bonds. The summed E-state index contributed by atoms with van der Waals surface area (Å²) in [6.45, 7) is 1.83. The predicted octanol–water partition coefficient (Wildman–Crippen LogP) is 4.23. The van der Waals surface area contributed by atoms with Gasteiger partial charge in [0.2, 0.25) is 5.89 Å². The monoisotopic (exact) mass is 384 g/mol. The van der Waals surface area contributed by atoms with Crippen LogP contribution < -0.4 is 9.47 Å². The molecule has 0 aliphatic heterocycles. The first-order valence-corrected chi connectivity index (χ1v) is 8.72. The molecule has 0 fully saturated rings. The molecule has 0 bridgehead atoms. The van der Waals surface area contributed by atoms with Gasteiger partial charge in [0.25, 0.3) is 5.91 Å². The molecule has 0 aliphatic carbocycles. The predicted molar refractivity (Wildman–Crippen MR) is 101 cm³/mol. The number of para-hydroxylation sites is 1. The topological polar surface area (TPSA) is 64.8 Å². The number of halogens is 1. The first kappa shape index (κ1) is 19.4. The molecule has 28 heavy (non-hydrogen) atoms. The summed E-state index contributed by atoms with van der Waals surface area (Å²) in [4.78, 5) is 18.4. The molecule has 2 aromatic carbocycles. The molecule has 146 valence electrons. The molecule has 3 aromatic rings. The van der Waals surface area contributed by atoms with Crippen molar-refractivity contribution in [2.75, 3.05) is 14.2 Å². The third-order valence-electron chi connectivity index (χ3n) is 4.44. The van der Waals surface area contributed by atoms with E-state index in [1.54, 1.807) is 31.2 Å². The van der Waals surface area contributed by atoms with Crippen molar-refractivity contribution in [3.05, 3.63) is 77.8 Å². The van der Waals surface area contributed by atoms with E-state index >= 15 is 0 Å². The molecule has 1 aromatic heterocycles. The van der Waals surface area contributed by atoms with Crippen molar-refractivity contribution in [3.8, 4) is 11.5 Å². The highest BCUT2D eigenvalue weighted by atomic mass is 19.1. The summed E-state index contributed by atoms with van der Waals surface area (Å²) < 4.78 is 29.5. The quantitative estimate of drug-likeness (QED) is 0.610. The van der Waals surface area contributed by atoms with Crippen LogP contribution in [0.15, 0.2) is 59.2 Å². The lowest BCUT2D eigenvalue weighted by Crippen LogP contribution is -2.30. The Morgan fingerprint density at radius 2 is 2.04 bits per heavy atom. The Morgan fingerprint density at radius 3 is 2.79 bits per heavy atom. The van der Waals surface area contributed by atoms with E-state index in [1.807, 2.05) is 31.2 Å². The fraction of sp³-hybridized carbons (Fsp3) is 0.238. The fourth-order valence-corrected chi connectivity index (χ4v) is 2.66. The number of benzene rings is 2. The molecule has 1 heterocycles. The lowest BCUT2D eigenvalue weighted by Gasteiger charge is -2.24. The maximum Gasteiger partial charge on any atom is 0.276 e. The van der Waals surface area contributed by atoms with Gasteiger partial charge >= 0.3 is 0 Å². The Kier molecular flexibility index (Phi) is 5.93. The minimum absolute atomic E-state index is 0.0800. The summed E-state index contributed by atoms with van der Waals surface area (Å²) in [6, 6.07) is 13.4. The molecular formula is C21H21FN2O4. The normalized spacial score (nSPS) is 11.7. The lowest BCUT2D eigenvalue weighted by atomic mass is 10.1. The van der Waals surface area contributed by atoms with E-state index in [2.05, 4.69) is 4.98 Å². The molecular weight excluding hydrogens is 363 g/mol. The second kappa shape index (κ2) is 8.56.